The van der Waals surface area contributed by atoms with E-state index in [0.717, 1.165) is 11.8 Å². The van der Waals surface area contributed by atoms with Gasteiger partial charge in [-0.15, -0.1) is 0 Å². The van der Waals surface area contributed by atoms with Gasteiger partial charge in [0.15, 0.2) is 9.84 Å². The van der Waals surface area contributed by atoms with Crippen LogP contribution in [0.1, 0.15) is 0 Å². The molecule has 0 atom stereocenters. The summed E-state index contributed by atoms with van der Waals surface area (Å²) < 4.78 is 28.8. The molecule has 0 unspecified atom stereocenters. The second-order valence-corrected chi connectivity index (χ2v) is 7.04. The average molecular weight is 327 g/mol. The minimum absolute atomic E-state index is 0.192. The second-order valence-electron chi connectivity index (χ2n) is 5.02. The lowest BCUT2D eigenvalue weighted by Gasteiger charge is -2.09. The molecule has 23 heavy (non-hydrogen) atoms. The number of sulfone groups is 1. The summed E-state index contributed by atoms with van der Waals surface area (Å²) in [6, 6.07) is 15.1. The van der Waals surface area contributed by atoms with Crippen LogP contribution in [0.2, 0.25) is 0 Å². The quantitative estimate of drug-likeness (QED) is 0.739. The van der Waals surface area contributed by atoms with Crippen molar-refractivity contribution in [2.24, 2.45) is 0 Å². The van der Waals surface area contributed by atoms with Gasteiger partial charge in [-0.3, -0.25) is 4.79 Å². The number of hydrogen-bond acceptors (Lipinski definition) is 5. The van der Waals surface area contributed by atoms with E-state index in [-0.39, 0.29) is 10.8 Å². The predicted molar refractivity (Wildman–Crippen MR) is 86.8 cm³/mol. The van der Waals surface area contributed by atoms with Crippen LogP contribution in [0.15, 0.2) is 75.0 Å². The summed E-state index contributed by atoms with van der Waals surface area (Å²) in [6.07, 6.45) is 2.45. The Hall–Kier alpha value is -2.73. The zero-order valence-corrected chi connectivity index (χ0v) is 13.1. The maximum absolute atomic E-state index is 11.7. The molecule has 0 N–H and O–H groups in total. The van der Waals surface area contributed by atoms with Gasteiger partial charge in [0.2, 0.25) is 5.89 Å². The molecule has 1 aromatic heterocycles. The summed E-state index contributed by atoms with van der Waals surface area (Å²) in [5, 5.41) is 0. The van der Waals surface area contributed by atoms with Crippen LogP contribution >= 0.6 is 0 Å². The summed E-state index contributed by atoms with van der Waals surface area (Å²) >= 11 is 0. The van der Waals surface area contributed by atoms with Crippen LogP contribution in [0.25, 0.3) is 22.6 Å². The minimum Gasteiger partial charge on any atom is -0.446 e. The Labute approximate surface area is 133 Å². The summed E-state index contributed by atoms with van der Waals surface area (Å²) in [7, 11) is -3.31. The Balaban J connectivity index is 2.21. The monoisotopic (exact) mass is 327 g/mol. The summed E-state index contributed by atoms with van der Waals surface area (Å²) in [5.74, 6) is 0.192. The Bertz CT molecular complexity index is 1020. The highest BCUT2D eigenvalue weighted by atomic mass is 32.2. The first-order chi connectivity index (χ1) is 10.9. The number of hydrogen-bond donors (Lipinski definition) is 0. The molecule has 2 aromatic carbocycles. The van der Waals surface area contributed by atoms with Crippen LogP contribution in [0.4, 0.5) is 0 Å². The molecule has 0 aliphatic rings. The third-order valence-electron chi connectivity index (χ3n) is 3.33. The fourth-order valence-corrected chi connectivity index (χ4v) is 2.93. The molecule has 3 aromatic rings. The molecule has 1 heterocycles. The molecule has 0 fully saturated rings. The molecule has 3 rings (SSSR count). The highest BCUT2D eigenvalue weighted by molar-refractivity contribution is 7.90. The van der Waals surface area contributed by atoms with E-state index < -0.39 is 15.4 Å². The fraction of sp³-hybridized carbons (Fsp3) is 0.0588. The zero-order chi connectivity index (χ0) is 16.4. The van der Waals surface area contributed by atoms with E-state index in [1.54, 1.807) is 36.4 Å². The molecule has 0 aliphatic carbocycles. The van der Waals surface area contributed by atoms with Crippen molar-refractivity contribution in [3.05, 3.63) is 71.2 Å². The Morgan fingerprint density at radius 2 is 1.70 bits per heavy atom. The molecular weight excluding hydrogens is 314 g/mol. The van der Waals surface area contributed by atoms with Crippen LogP contribution in [0.5, 0.6) is 0 Å². The average Bonchev–Trinajstić information content (AvgIpc) is 2.54. The lowest BCUT2D eigenvalue weighted by Crippen LogP contribution is -2.04. The molecule has 6 heteroatoms. The van der Waals surface area contributed by atoms with Crippen molar-refractivity contribution >= 4 is 9.84 Å². The van der Waals surface area contributed by atoms with Gasteiger partial charge in [0.25, 0.3) is 5.56 Å². The van der Waals surface area contributed by atoms with Crippen molar-refractivity contribution in [2.45, 2.75) is 4.90 Å². The van der Waals surface area contributed by atoms with Gasteiger partial charge >= 0.3 is 0 Å². The third kappa shape index (κ3) is 3.22. The van der Waals surface area contributed by atoms with Gasteiger partial charge in [0.05, 0.1) is 11.2 Å². The highest BCUT2D eigenvalue weighted by Crippen LogP contribution is 2.31. The SMILES string of the molecule is CS(=O)(=O)c1cccc(-c2ccccc2-c2nc(=O)cco2)c1. The van der Waals surface area contributed by atoms with Crippen molar-refractivity contribution in [3.8, 4) is 22.6 Å². The lowest BCUT2D eigenvalue weighted by molar-refractivity contribution is 0.542. The summed E-state index contributed by atoms with van der Waals surface area (Å²) in [4.78, 5) is 15.5. The molecule has 0 saturated heterocycles. The van der Waals surface area contributed by atoms with Crippen LogP contribution < -0.4 is 5.56 Å². The standard InChI is InChI=1S/C17H13NO4S/c1-23(20,21)13-6-4-5-12(11-13)14-7-2-3-8-15(14)17-18-16(19)9-10-22-17/h2-11H,1H3. The highest BCUT2D eigenvalue weighted by Gasteiger charge is 2.13. The second kappa shape index (κ2) is 5.81. The number of nitrogens with zero attached hydrogens (tertiary/aromatic N) is 1. The first kappa shape index (κ1) is 15.2. The topological polar surface area (TPSA) is 77.2 Å². The minimum atomic E-state index is -3.31. The van der Waals surface area contributed by atoms with Crippen molar-refractivity contribution < 1.29 is 12.8 Å². The van der Waals surface area contributed by atoms with Gasteiger partial charge < -0.3 is 4.42 Å². The third-order valence-corrected chi connectivity index (χ3v) is 4.44. The molecule has 0 bridgehead atoms. The molecule has 0 radical (unpaired) electrons. The summed E-state index contributed by atoms with van der Waals surface area (Å²) in [5.41, 5.74) is 1.67. The van der Waals surface area contributed by atoms with Gasteiger partial charge in [0.1, 0.15) is 0 Å². The van der Waals surface area contributed by atoms with Crippen molar-refractivity contribution in [1.29, 1.82) is 0 Å². The maximum Gasteiger partial charge on any atom is 0.276 e. The zero-order valence-electron chi connectivity index (χ0n) is 12.3. The van der Waals surface area contributed by atoms with E-state index in [1.807, 2.05) is 12.1 Å². The van der Waals surface area contributed by atoms with E-state index >= 15 is 0 Å². The number of aromatic nitrogens is 1. The van der Waals surface area contributed by atoms with E-state index in [9.17, 15) is 13.2 Å². The lowest BCUT2D eigenvalue weighted by atomic mass is 10.00. The molecule has 0 aliphatic heterocycles. The Kier molecular flexibility index (Phi) is 3.83. The van der Waals surface area contributed by atoms with Gasteiger partial charge in [-0.2, -0.15) is 4.98 Å². The van der Waals surface area contributed by atoms with Gasteiger partial charge in [-0.1, -0.05) is 30.3 Å². The van der Waals surface area contributed by atoms with Gasteiger partial charge in [-0.05, 0) is 29.3 Å². The van der Waals surface area contributed by atoms with Crippen LogP contribution in [-0.4, -0.2) is 19.7 Å². The molecule has 116 valence electrons. The number of benzene rings is 2. The van der Waals surface area contributed by atoms with Gasteiger partial charge in [0, 0.05) is 17.9 Å². The summed E-state index contributed by atoms with van der Waals surface area (Å²) in [6.45, 7) is 0. The first-order valence-electron chi connectivity index (χ1n) is 6.81. The molecule has 0 saturated carbocycles. The largest absolute Gasteiger partial charge is 0.446 e. The normalized spacial score (nSPS) is 11.3. The van der Waals surface area contributed by atoms with Gasteiger partial charge in [-0.25, -0.2) is 8.42 Å². The molecular formula is C17H13NO4S. The molecule has 5 nitrogen and oxygen atoms in total. The molecule has 0 spiro atoms. The van der Waals surface area contributed by atoms with Crippen LogP contribution in [-0.2, 0) is 9.84 Å². The Morgan fingerprint density at radius 3 is 2.39 bits per heavy atom. The van der Waals surface area contributed by atoms with Crippen LogP contribution in [0.3, 0.4) is 0 Å². The fourth-order valence-electron chi connectivity index (χ4n) is 2.26. The number of rotatable bonds is 3. The predicted octanol–water partition coefficient (Wildman–Crippen LogP) is 2.77. The van der Waals surface area contributed by atoms with Crippen molar-refractivity contribution in [2.75, 3.05) is 6.26 Å². The van der Waals surface area contributed by atoms with Crippen LogP contribution in [0, 0.1) is 0 Å². The maximum atomic E-state index is 11.7. The molecule has 0 amide bonds. The smallest absolute Gasteiger partial charge is 0.276 e. The first-order valence-corrected chi connectivity index (χ1v) is 8.70. The van der Waals surface area contributed by atoms with Crippen molar-refractivity contribution in [1.82, 2.24) is 4.98 Å². The van der Waals surface area contributed by atoms with E-state index in [1.165, 1.54) is 12.3 Å². The van der Waals surface area contributed by atoms with E-state index in [4.69, 9.17) is 4.42 Å². The van der Waals surface area contributed by atoms with E-state index in [2.05, 4.69) is 4.98 Å². The van der Waals surface area contributed by atoms with E-state index in [0.29, 0.717) is 11.1 Å². The Morgan fingerprint density at radius 1 is 0.957 bits per heavy atom. The van der Waals surface area contributed by atoms with Crippen molar-refractivity contribution in [3.63, 3.8) is 0 Å².